The van der Waals surface area contributed by atoms with Crippen LogP contribution in [0.25, 0.3) is 0 Å². The fourth-order valence-corrected chi connectivity index (χ4v) is 2.65. The van der Waals surface area contributed by atoms with Gasteiger partial charge < -0.3 is 60.2 Å². The van der Waals surface area contributed by atoms with Gasteiger partial charge in [0.2, 0.25) is 11.6 Å². The molecule has 142 valence electrons. The summed E-state index contributed by atoms with van der Waals surface area (Å²) >= 11 is 0. The van der Waals surface area contributed by atoms with Crippen molar-refractivity contribution in [3.63, 3.8) is 0 Å². The summed E-state index contributed by atoms with van der Waals surface area (Å²) in [6, 6.07) is 0. The first-order valence-corrected chi connectivity index (χ1v) is 7.14. The highest BCUT2D eigenvalue weighted by Crippen LogP contribution is 2.39. The first kappa shape index (κ1) is 19.8. The molecule has 0 bridgehead atoms. The zero-order chi connectivity index (χ0) is 18.3. The summed E-state index contributed by atoms with van der Waals surface area (Å²) in [6.07, 6.45) is -12.6. The van der Waals surface area contributed by atoms with E-state index in [1.165, 1.54) is 0 Å². The Balaban J connectivity index is 2.23. The molecule has 0 aromatic carbocycles. The van der Waals surface area contributed by atoms with Gasteiger partial charge in [-0.15, -0.1) is 0 Å². The summed E-state index contributed by atoms with van der Waals surface area (Å²) in [4.78, 5) is 0. The predicted octanol–water partition coefficient (Wildman–Crippen LogP) is -6.08. The standard InChI is InChI=1S/C12H22O12/c13-1-4-5(16)6(17)7(18)10(22-4)23-12(3-15)9(20)8(19)11(21,2-14)24-12/h4-10,13-21H,1-3H2/t4?,5-,6-,7?,8?,9-,10+,11-,12-/m1/s1. The minimum Gasteiger partial charge on any atom is -0.394 e. The van der Waals surface area contributed by atoms with Crippen LogP contribution in [-0.2, 0) is 14.2 Å². The van der Waals surface area contributed by atoms with Crippen molar-refractivity contribution in [3.05, 3.63) is 0 Å². The summed E-state index contributed by atoms with van der Waals surface area (Å²) in [5.74, 6) is -5.17. The van der Waals surface area contributed by atoms with E-state index in [1.54, 1.807) is 0 Å². The van der Waals surface area contributed by atoms with Crippen molar-refractivity contribution in [1.29, 1.82) is 0 Å². The predicted molar refractivity (Wildman–Crippen MR) is 69.8 cm³/mol. The highest BCUT2D eigenvalue weighted by Gasteiger charge is 2.64. The van der Waals surface area contributed by atoms with Crippen molar-refractivity contribution in [2.24, 2.45) is 0 Å². The molecule has 2 rings (SSSR count). The van der Waals surface area contributed by atoms with Crippen LogP contribution < -0.4 is 0 Å². The van der Waals surface area contributed by atoms with E-state index in [0.717, 1.165) is 0 Å². The second kappa shape index (κ2) is 7.03. The van der Waals surface area contributed by atoms with Gasteiger partial charge in [-0.1, -0.05) is 0 Å². The Morgan fingerprint density at radius 2 is 1.46 bits per heavy atom. The highest BCUT2D eigenvalue weighted by atomic mass is 16.8. The van der Waals surface area contributed by atoms with Crippen molar-refractivity contribution < 1.29 is 60.2 Å². The quantitative estimate of drug-likeness (QED) is 0.225. The third-order valence-corrected chi connectivity index (χ3v) is 4.17. The summed E-state index contributed by atoms with van der Waals surface area (Å²) in [5.41, 5.74) is 0. The number of hydrogen-bond acceptors (Lipinski definition) is 12. The van der Waals surface area contributed by atoms with Crippen LogP contribution in [0.2, 0.25) is 0 Å². The van der Waals surface area contributed by atoms with E-state index in [4.69, 9.17) is 24.4 Å². The highest BCUT2D eigenvalue weighted by molar-refractivity contribution is 5.01. The molecule has 0 aromatic heterocycles. The summed E-state index contributed by atoms with van der Waals surface area (Å²) in [7, 11) is 0. The van der Waals surface area contributed by atoms with Crippen LogP contribution in [0.5, 0.6) is 0 Å². The van der Waals surface area contributed by atoms with E-state index < -0.39 is 74.3 Å². The van der Waals surface area contributed by atoms with Crippen LogP contribution in [0.1, 0.15) is 0 Å². The van der Waals surface area contributed by atoms with E-state index in [2.05, 4.69) is 0 Å². The molecule has 2 saturated heterocycles. The summed E-state index contributed by atoms with van der Waals surface area (Å²) < 4.78 is 15.0. The molecule has 0 saturated carbocycles. The van der Waals surface area contributed by atoms with Gasteiger partial charge in [0.15, 0.2) is 6.29 Å². The van der Waals surface area contributed by atoms with Gasteiger partial charge in [-0.05, 0) is 0 Å². The van der Waals surface area contributed by atoms with Crippen molar-refractivity contribution in [2.75, 3.05) is 19.8 Å². The zero-order valence-electron chi connectivity index (χ0n) is 12.4. The van der Waals surface area contributed by atoms with Crippen molar-refractivity contribution in [2.45, 2.75) is 54.5 Å². The van der Waals surface area contributed by atoms with Crippen molar-refractivity contribution in [3.8, 4) is 0 Å². The van der Waals surface area contributed by atoms with Gasteiger partial charge in [-0.2, -0.15) is 0 Å². The van der Waals surface area contributed by atoms with Crippen LogP contribution in [-0.4, -0.2) is 120 Å². The molecule has 2 aliphatic heterocycles. The topological polar surface area (TPSA) is 210 Å². The molecule has 0 aliphatic carbocycles. The molecular formula is C12H22O12. The second-order valence-corrected chi connectivity index (χ2v) is 5.78. The van der Waals surface area contributed by atoms with E-state index in [0.29, 0.717) is 0 Å². The maximum Gasteiger partial charge on any atom is 0.226 e. The van der Waals surface area contributed by atoms with Crippen molar-refractivity contribution >= 4 is 0 Å². The molecule has 2 fully saturated rings. The van der Waals surface area contributed by atoms with Gasteiger partial charge in [-0.25, -0.2) is 0 Å². The fraction of sp³-hybridized carbons (Fsp3) is 1.00. The molecular weight excluding hydrogens is 336 g/mol. The Morgan fingerprint density at radius 3 is 1.92 bits per heavy atom. The van der Waals surface area contributed by atoms with Crippen LogP contribution in [0, 0.1) is 0 Å². The number of aliphatic hydroxyl groups excluding tert-OH is 8. The lowest BCUT2D eigenvalue weighted by molar-refractivity contribution is -0.404. The molecule has 0 radical (unpaired) electrons. The van der Waals surface area contributed by atoms with Gasteiger partial charge in [0.25, 0.3) is 0 Å². The molecule has 0 amide bonds. The first-order valence-electron chi connectivity index (χ1n) is 7.14. The van der Waals surface area contributed by atoms with Gasteiger partial charge in [0, 0.05) is 0 Å². The van der Waals surface area contributed by atoms with Gasteiger partial charge in [0.05, 0.1) is 13.2 Å². The molecule has 0 spiro atoms. The van der Waals surface area contributed by atoms with Crippen LogP contribution >= 0.6 is 0 Å². The van der Waals surface area contributed by atoms with E-state index in [-0.39, 0.29) is 0 Å². The van der Waals surface area contributed by atoms with Crippen LogP contribution in [0.15, 0.2) is 0 Å². The number of ether oxygens (including phenoxy) is 3. The monoisotopic (exact) mass is 358 g/mol. The lowest BCUT2D eigenvalue weighted by Crippen LogP contribution is -2.62. The van der Waals surface area contributed by atoms with Gasteiger partial charge in [-0.3, -0.25) is 0 Å². The third kappa shape index (κ3) is 3.05. The Kier molecular flexibility index (Phi) is 5.81. The summed E-state index contributed by atoms with van der Waals surface area (Å²) in [5, 5.41) is 86.6. The minimum absolute atomic E-state index is 0.746. The fourth-order valence-electron chi connectivity index (χ4n) is 2.65. The first-order chi connectivity index (χ1) is 11.2. The van der Waals surface area contributed by atoms with E-state index in [1.807, 2.05) is 0 Å². The van der Waals surface area contributed by atoms with E-state index >= 15 is 0 Å². The average molecular weight is 358 g/mol. The molecule has 2 heterocycles. The number of aliphatic hydroxyl groups is 9. The molecule has 24 heavy (non-hydrogen) atoms. The molecule has 9 atom stereocenters. The largest absolute Gasteiger partial charge is 0.394 e. The molecule has 12 nitrogen and oxygen atoms in total. The Bertz CT molecular complexity index is 434. The Hall–Kier alpha value is -0.480. The SMILES string of the molecule is OCC1O[C@@H](O[C@]2(CO)O[C@](O)(CO)C(O)[C@H]2O)C(O)[C@H](O)[C@@H]1O. The van der Waals surface area contributed by atoms with Gasteiger partial charge >= 0.3 is 0 Å². The number of hydrogen-bond donors (Lipinski definition) is 9. The lowest BCUT2D eigenvalue weighted by Gasteiger charge is -2.43. The van der Waals surface area contributed by atoms with Crippen LogP contribution in [0.3, 0.4) is 0 Å². The Labute approximate surface area is 135 Å². The van der Waals surface area contributed by atoms with Gasteiger partial charge in [0.1, 0.15) is 43.2 Å². The van der Waals surface area contributed by atoms with Crippen LogP contribution in [0.4, 0.5) is 0 Å². The van der Waals surface area contributed by atoms with E-state index in [9.17, 15) is 35.7 Å². The molecule has 0 aromatic rings. The Morgan fingerprint density at radius 1 is 0.833 bits per heavy atom. The molecule has 2 aliphatic rings. The smallest absolute Gasteiger partial charge is 0.226 e. The molecule has 9 N–H and O–H groups in total. The minimum atomic E-state index is -2.66. The lowest BCUT2D eigenvalue weighted by atomic mass is 9.99. The van der Waals surface area contributed by atoms with Crippen molar-refractivity contribution in [1.82, 2.24) is 0 Å². The normalized spacial score (nSPS) is 52.6. The second-order valence-electron chi connectivity index (χ2n) is 5.78. The summed E-state index contributed by atoms with van der Waals surface area (Å²) in [6.45, 7) is -3.03. The average Bonchev–Trinajstić information content (AvgIpc) is 2.77. The zero-order valence-corrected chi connectivity index (χ0v) is 12.4. The maximum atomic E-state index is 10.0. The third-order valence-electron chi connectivity index (χ3n) is 4.17. The number of rotatable bonds is 5. The maximum absolute atomic E-state index is 10.0. The molecule has 3 unspecified atom stereocenters. The molecule has 12 heteroatoms.